The highest BCUT2D eigenvalue weighted by molar-refractivity contribution is 6.24. The molecule has 1 aromatic rings. The molecule has 0 bridgehead atoms. The van der Waals surface area contributed by atoms with Gasteiger partial charge >= 0.3 is 0 Å². The highest BCUT2D eigenvalue weighted by atomic mass is 16.3. The Morgan fingerprint density at radius 2 is 2.22 bits per heavy atom. The van der Waals surface area contributed by atoms with Crippen LogP contribution in [0.2, 0.25) is 0 Å². The molecule has 1 aliphatic heterocycles. The Morgan fingerprint density at radius 3 is 2.83 bits per heavy atom. The topological polar surface area (TPSA) is 90.8 Å². The van der Waals surface area contributed by atoms with E-state index in [4.69, 9.17) is 0 Å². The molecule has 0 atom stereocenters. The lowest BCUT2D eigenvalue weighted by atomic mass is 10.2. The molecule has 6 nitrogen and oxygen atoms in total. The van der Waals surface area contributed by atoms with Gasteiger partial charge in [0.2, 0.25) is 0 Å². The highest BCUT2D eigenvalue weighted by Gasteiger charge is 2.18. The lowest BCUT2D eigenvalue weighted by Gasteiger charge is -2.04. The van der Waals surface area contributed by atoms with Gasteiger partial charge in [-0.1, -0.05) is 0 Å². The van der Waals surface area contributed by atoms with E-state index in [1.165, 1.54) is 18.3 Å². The number of amides is 1. The second-order valence-electron chi connectivity index (χ2n) is 3.73. The lowest BCUT2D eigenvalue weighted by Crippen LogP contribution is -2.13. The van der Waals surface area contributed by atoms with Gasteiger partial charge in [-0.25, -0.2) is 5.43 Å². The first kappa shape index (κ1) is 11.8. The van der Waals surface area contributed by atoms with Crippen LogP contribution in [-0.4, -0.2) is 23.0 Å². The summed E-state index contributed by atoms with van der Waals surface area (Å²) in [6, 6.07) is 4.48. The number of phenolic OH excluding ortho intramolecular Hbond substituents is 1. The molecule has 0 fully saturated rings. The van der Waals surface area contributed by atoms with Crippen LogP contribution in [-0.2, 0) is 4.79 Å². The van der Waals surface area contributed by atoms with Crippen molar-refractivity contribution in [3.05, 3.63) is 35.5 Å². The summed E-state index contributed by atoms with van der Waals surface area (Å²) in [7, 11) is 0. The number of benzene rings is 1. The van der Waals surface area contributed by atoms with E-state index in [1.54, 1.807) is 13.0 Å². The average molecular weight is 245 g/mol. The van der Waals surface area contributed by atoms with Gasteiger partial charge < -0.3 is 10.4 Å². The van der Waals surface area contributed by atoms with Gasteiger partial charge in [-0.2, -0.15) is 5.10 Å². The number of hydrazone groups is 1. The number of carbonyl (C=O) groups is 2. The largest absolute Gasteiger partial charge is 0.507 e. The summed E-state index contributed by atoms with van der Waals surface area (Å²) >= 11 is 0. The van der Waals surface area contributed by atoms with Gasteiger partial charge in [-0.15, -0.1) is 0 Å². The van der Waals surface area contributed by atoms with Crippen molar-refractivity contribution in [1.29, 1.82) is 0 Å². The van der Waals surface area contributed by atoms with E-state index in [9.17, 15) is 14.7 Å². The predicted molar refractivity (Wildman–Crippen MR) is 66.5 cm³/mol. The van der Waals surface area contributed by atoms with E-state index in [2.05, 4.69) is 15.8 Å². The number of nitrogens with zero attached hydrogens (tertiary/aromatic N) is 1. The molecule has 1 heterocycles. The molecule has 0 radical (unpaired) electrons. The summed E-state index contributed by atoms with van der Waals surface area (Å²) in [6.45, 7) is 1.71. The number of aldehydes is 1. The summed E-state index contributed by atoms with van der Waals surface area (Å²) in [4.78, 5) is 22.0. The monoisotopic (exact) mass is 245 g/mol. The van der Waals surface area contributed by atoms with E-state index in [1.807, 2.05) is 0 Å². The Hall–Kier alpha value is -2.63. The minimum absolute atomic E-state index is 0.0837. The van der Waals surface area contributed by atoms with Gasteiger partial charge in [-0.3, -0.25) is 9.59 Å². The third kappa shape index (κ3) is 2.22. The normalized spacial score (nSPS) is 16.4. The fraction of sp³-hybridized carbons (Fsp3) is 0.0833. The van der Waals surface area contributed by atoms with Crippen LogP contribution in [0.1, 0.15) is 17.3 Å². The van der Waals surface area contributed by atoms with E-state index >= 15 is 0 Å². The van der Waals surface area contributed by atoms with Gasteiger partial charge in [0, 0.05) is 11.9 Å². The summed E-state index contributed by atoms with van der Waals surface area (Å²) in [5.41, 5.74) is 4.12. The molecule has 0 unspecified atom stereocenters. The number of phenols is 1. The molecule has 0 saturated heterocycles. The second kappa shape index (κ2) is 4.70. The molecule has 1 aromatic carbocycles. The predicted octanol–water partition coefficient (Wildman–Crippen LogP) is 1.01. The van der Waals surface area contributed by atoms with Gasteiger partial charge in [0.1, 0.15) is 5.75 Å². The van der Waals surface area contributed by atoms with Crippen molar-refractivity contribution in [2.75, 3.05) is 5.32 Å². The molecule has 6 heteroatoms. The molecule has 3 N–H and O–H groups in total. The first-order chi connectivity index (χ1) is 8.61. The van der Waals surface area contributed by atoms with Crippen molar-refractivity contribution in [1.82, 2.24) is 5.43 Å². The molecular weight excluding hydrogens is 234 g/mol. The van der Waals surface area contributed by atoms with Crippen LogP contribution in [0.25, 0.3) is 0 Å². The Balaban J connectivity index is 2.20. The Labute approximate surface area is 103 Å². The van der Waals surface area contributed by atoms with Crippen LogP contribution < -0.4 is 10.7 Å². The molecule has 2 rings (SSSR count). The maximum atomic E-state index is 11.4. The number of rotatable bonds is 3. The van der Waals surface area contributed by atoms with Crippen LogP contribution in [0.3, 0.4) is 0 Å². The first-order valence-corrected chi connectivity index (χ1v) is 5.21. The van der Waals surface area contributed by atoms with E-state index in [-0.39, 0.29) is 17.2 Å². The number of hydrogen-bond acceptors (Lipinski definition) is 5. The van der Waals surface area contributed by atoms with E-state index in [0.717, 1.165) is 0 Å². The Bertz CT molecular complexity index is 576. The summed E-state index contributed by atoms with van der Waals surface area (Å²) < 4.78 is 0. The number of nitrogens with one attached hydrogen (secondary N) is 2. The fourth-order valence-electron chi connectivity index (χ4n) is 1.48. The Morgan fingerprint density at radius 1 is 1.44 bits per heavy atom. The SMILES string of the molecule is CC1=NNC(=O)/C1=C\Nc1ccc(O)c(C=O)c1. The Kier molecular flexibility index (Phi) is 3.09. The number of anilines is 1. The van der Waals surface area contributed by atoms with Crippen LogP contribution >= 0.6 is 0 Å². The van der Waals surface area contributed by atoms with Crippen molar-refractivity contribution in [3.63, 3.8) is 0 Å². The van der Waals surface area contributed by atoms with E-state index in [0.29, 0.717) is 23.3 Å². The van der Waals surface area contributed by atoms with Crippen LogP contribution in [0.15, 0.2) is 35.1 Å². The molecule has 0 aliphatic carbocycles. The second-order valence-corrected chi connectivity index (χ2v) is 3.73. The van der Waals surface area contributed by atoms with Gasteiger partial charge in [-0.05, 0) is 25.1 Å². The fourth-order valence-corrected chi connectivity index (χ4v) is 1.48. The standard InChI is InChI=1S/C12H11N3O3/c1-7-10(12(18)15-14-7)5-13-9-2-3-11(17)8(4-9)6-16/h2-6,13,17H,1H3,(H,15,18)/b10-5-. The lowest BCUT2D eigenvalue weighted by molar-refractivity contribution is -0.116. The van der Waals surface area contributed by atoms with Crippen molar-refractivity contribution in [3.8, 4) is 5.75 Å². The first-order valence-electron chi connectivity index (χ1n) is 5.21. The summed E-state index contributed by atoms with van der Waals surface area (Å²) in [5.74, 6) is -0.367. The minimum Gasteiger partial charge on any atom is -0.507 e. The van der Waals surface area contributed by atoms with E-state index < -0.39 is 0 Å². The van der Waals surface area contributed by atoms with Crippen molar-refractivity contribution >= 4 is 23.6 Å². The number of aromatic hydroxyl groups is 1. The average Bonchev–Trinajstić information content (AvgIpc) is 2.68. The third-order valence-corrected chi connectivity index (χ3v) is 2.50. The van der Waals surface area contributed by atoms with Gasteiger partial charge in [0.15, 0.2) is 6.29 Å². The number of hydrogen-bond donors (Lipinski definition) is 3. The van der Waals surface area contributed by atoms with Crippen LogP contribution in [0, 0.1) is 0 Å². The molecule has 1 amide bonds. The highest BCUT2D eigenvalue weighted by Crippen LogP contribution is 2.20. The molecule has 0 aromatic heterocycles. The molecule has 18 heavy (non-hydrogen) atoms. The summed E-state index contributed by atoms with van der Waals surface area (Å²) in [6.07, 6.45) is 2.06. The summed E-state index contributed by atoms with van der Waals surface area (Å²) in [5, 5.41) is 16.0. The molecule has 1 aliphatic rings. The zero-order chi connectivity index (χ0) is 13.1. The maximum Gasteiger partial charge on any atom is 0.274 e. The minimum atomic E-state index is -0.283. The zero-order valence-electron chi connectivity index (χ0n) is 9.60. The van der Waals surface area contributed by atoms with Crippen molar-refractivity contribution < 1.29 is 14.7 Å². The molecule has 0 saturated carbocycles. The number of carbonyl (C=O) groups excluding carboxylic acids is 2. The smallest absolute Gasteiger partial charge is 0.274 e. The molecule has 0 spiro atoms. The molecular formula is C12H11N3O3. The quantitative estimate of drug-likeness (QED) is 0.421. The van der Waals surface area contributed by atoms with Gasteiger partial charge in [0.25, 0.3) is 5.91 Å². The van der Waals surface area contributed by atoms with Crippen LogP contribution in [0.4, 0.5) is 5.69 Å². The maximum absolute atomic E-state index is 11.4. The van der Waals surface area contributed by atoms with Crippen molar-refractivity contribution in [2.24, 2.45) is 5.10 Å². The van der Waals surface area contributed by atoms with Crippen LogP contribution in [0.5, 0.6) is 5.75 Å². The molecule has 92 valence electrons. The van der Waals surface area contributed by atoms with Gasteiger partial charge in [0.05, 0.1) is 16.8 Å². The zero-order valence-corrected chi connectivity index (χ0v) is 9.60. The third-order valence-electron chi connectivity index (χ3n) is 2.50. The van der Waals surface area contributed by atoms with Crippen molar-refractivity contribution in [2.45, 2.75) is 6.92 Å².